The van der Waals surface area contributed by atoms with E-state index in [2.05, 4.69) is 0 Å². The molecule has 13 heteroatoms. The van der Waals surface area contributed by atoms with Crippen molar-refractivity contribution in [1.82, 2.24) is 14.7 Å². The third-order valence-corrected chi connectivity index (χ3v) is 6.54. The summed E-state index contributed by atoms with van der Waals surface area (Å²) in [6.07, 6.45) is -7.38. The number of ether oxygens (including phenoxy) is 2. The summed E-state index contributed by atoms with van der Waals surface area (Å²) in [6, 6.07) is 9.55. The van der Waals surface area contributed by atoms with Gasteiger partial charge in [0.05, 0.1) is 25.6 Å². The average Bonchev–Trinajstić information content (AvgIpc) is 2.89. The highest BCUT2D eigenvalue weighted by Crippen LogP contribution is 2.31. The Morgan fingerprint density at radius 3 is 2.44 bits per heavy atom. The van der Waals surface area contributed by atoms with Crippen LogP contribution >= 0.6 is 0 Å². The van der Waals surface area contributed by atoms with Gasteiger partial charge in [-0.3, -0.25) is 19.3 Å². The van der Waals surface area contributed by atoms with Crippen molar-refractivity contribution in [2.75, 3.05) is 20.2 Å². The van der Waals surface area contributed by atoms with Gasteiger partial charge in [-0.15, -0.1) is 0 Å². The van der Waals surface area contributed by atoms with Crippen molar-refractivity contribution < 1.29 is 46.2 Å². The van der Waals surface area contributed by atoms with Gasteiger partial charge in [-0.25, -0.2) is 9.18 Å². The fraction of sp³-hybridized carbons (Fsp3) is 0.385. The first-order valence-electron chi connectivity index (χ1n) is 12.0. The maximum Gasteiger partial charge on any atom is 0.416 e. The summed E-state index contributed by atoms with van der Waals surface area (Å²) in [4.78, 5) is 55.3. The Labute approximate surface area is 220 Å². The van der Waals surface area contributed by atoms with Gasteiger partial charge < -0.3 is 19.3 Å². The molecule has 2 atom stereocenters. The van der Waals surface area contributed by atoms with Gasteiger partial charge >= 0.3 is 18.2 Å². The SMILES string of the molecule is COC(=O)C[C@H]1C(=O)N(Cc2ccccc2)C[C@@H]2N(C(=O)OCc3cc(F)cc(C(F)(F)F)c3)CCC(=O)N21. The standard InChI is InChI=1S/C26H25F4N3O6/c1-38-23(35)12-20-24(36)31(13-16-5-3-2-4-6-16)14-21-32(8-7-22(34)33(20)21)25(37)39-15-17-9-18(26(28,29)30)11-19(27)10-17/h2-6,9-11,20-21H,7-8,12-15H2,1H3/t20-,21+/m0/s1. The van der Waals surface area contributed by atoms with Crippen LogP contribution in [0.25, 0.3) is 0 Å². The number of hydrogen-bond donors (Lipinski definition) is 0. The zero-order chi connectivity index (χ0) is 28.3. The molecule has 39 heavy (non-hydrogen) atoms. The topological polar surface area (TPSA) is 96.5 Å². The van der Waals surface area contributed by atoms with E-state index in [0.717, 1.165) is 23.6 Å². The summed E-state index contributed by atoms with van der Waals surface area (Å²) >= 11 is 0. The first-order valence-corrected chi connectivity index (χ1v) is 12.0. The second kappa shape index (κ2) is 11.3. The molecule has 4 rings (SSSR count). The number of fused-ring (bicyclic) bond motifs is 1. The van der Waals surface area contributed by atoms with E-state index in [1.54, 1.807) is 30.3 Å². The van der Waals surface area contributed by atoms with Crippen LogP contribution < -0.4 is 0 Å². The van der Waals surface area contributed by atoms with Crippen molar-refractivity contribution >= 4 is 23.9 Å². The van der Waals surface area contributed by atoms with Crippen LogP contribution in [-0.2, 0) is 43.2 Å². The number of rotatable bonds is 6. The number of methoxy groups -OCH3 is 1. The van der Waals surface area contributed by atoms with Crippen LogP contribution in [-0.4, -0.2) is 71.0 Å². The highest BCUT2D eigenvalue weighted by Gasteiger charge is 2.49. The third-order valence-electron chi connectivity index (χ3n) is 6.54. The number of piperazine rings is 1. The summed E-state index contributed by atoms with van der Waals surface area (Å²) < 4.78 is 62.8. The summed E-state index contributed by atoms with van der Waals surface area (Å²) in [6.45, 7) is -0.699. The van der Waals surface area contributed by atoms with E-state index in [1.807, 2.05) is 0 Å². The molecule has 2 aliphatic rings. The third kappa shape index (κ3) is 6.29. The van der Waals surface area contributed by atoms with E-state index in [1.165, 1.54) is 9.80 Å². The van der Waals surface area contributed by atoms with Gasteiger partial charge in [-0.05, 0) is 29.3 Å². The molecular formula is C26H25F4N3O6. The zero-order valence-electron chi connectivity index (χ0n) is 20.8. The lowest BCUT2D eigenvalue weighted by atomic mass is 10.0. The first-order chi connectivity index (χ1) is 18.5. The minimum absolute atomic E-state index is 0.0892. The van der Waals surface area contributed by atoms with Gasteiger partial charge in [0.2, 0.25) is 11.8 Å². The summed E-state index contributed by atoms with van der Waals surface area (Å²) in [5.74, 6) is -2.82. The maximum atomic E-state index is 13.8. The number of hydrogen-bond acceptors (Lipinski definition) is 6. The van der Waals surface area contributed by atoms with Gasteiger partial charge in [-0.2, -0.15) is 13.2 Å². The molecule has 2 heterocycles. The molecule has 9 nitrogen and oxygen atoms in total. The Morgan fingerprint density at radius 1 is 1.05 bits per heavy atom. The number of esters is 1. The molecule has 2 fully saturated rings. The van der Waals surface area contributed by atoms with Crippen molar-refractivity contribution in [1.29, 1.82) is 0 Å². The molecule has 2 saturated heterocycles. The van der Waals surface area contributed by atoms with Crippen LogP contribution in [0.5, 0.6) is 0 Å². The molecule has 0 N–H and O–H groups in total. The number of amides is 3. The van der Waals surface area contributed by atoms with Crippen molar-refractivity contribution in [3.8, 4) is 0 Å². The normalized spacial score (nSPS) is 19.6. The highest BCUT2D eigenvalue weighted by molar-refractivity contribution is 5.93. The number of nitrogens with zero attached hydrogens (tertiary/aromatic N) is 3. The summed E-state index contributed by atoms with van der Waals surface area (Å²) in [7, 11) is 1.15. The van der Waals surface area contributed by atoms with E-state index in [0.29, 0.717) is 12.1 Å². The van der Waals surface area contributed by atoms with Gasteiger partial charge in [0.1, 0.15) is 24.6 Å². The number of alkyl halides is 3. The molecular weight excluding hydrogens is 526 g/mol. The van der Waals surface area contributed by atoms with Gasteiger partial charge in [-0.1, -0.05) is 30.3 Å². The zero-order valence-corrected chi connectivity index (χ0v) is 20.8. The lowest BCUT2D eigenvalue weighted by Crippen LogP contribution is -2.71. The molecule has 208 valence electrons. The summed E-state index contributed by atoms with van der Waals surface area (Å²) in [5.41, 5.74) is -0.663. The van der Waals surface area contributed by atoms with Gasteiger partial charge in [0.25, 0.3) is 0 Å². The maximum absolute atomic E-state index is 13.8. The molecule has 0 saturated carbocycles. The summed E-state index contributed by atoms with van der Waals surface area (Å²) in [5, 5.41) is 0. The predicted octanol–water partition coefficient (Wildman–Crippen LogP) is 3.32. The Kier molecular flexibility index (Phi) is 8.07. The number of carbonyl (C=O) groups is 4. The van der Waals surface area contributed by atoms with Crippen LogP contribution in [0, 0.1) is 5.82 Å². The van der Waals surface area contributed by atoms with E-state index in [4.69, 9.17) is 9.47 Å². The Morgan fingerprint density at radius 2 is 1.77 bits per heavy atom. The Bertz CT molecular complexity index is 1260. The number of benzene rings is 2. The van der Waals surface area contributed by atoms with Crippen molar-refractivity contribution in [3.63, 3.8) is 0 Å². The van der Waals surface area contributed by atoms with Crippen LogP contribution in [0.4, 0.5) is 22.4 Å². The predicted molar refractivity (Wildman–Crippen MR) is 126 cm³/mol. The molecule has 2 aromatic carbocycles. The van der Waals surface area contributed by atoms with Crippen molar-refractivity contribution in [2.24, 2.45) is 0 Å². The van der Waals surface area contributed by atoms with Gasteiger partial charge in [0.15, 0.2) is 0 Å². The van der Waals surface area contributed by atoms with E-state index < -0.39 is 66.7 Å². The fourth-order valence-corrected chi connectivity index (χ4v) is 4.71. The largest absolute Gasteiger partial charge is 0.469 e. The average molecular weight is 551 g/mol. The van der Waals surface area contributed by atoms with Crippen LogP contribution in [0.1, 0.15) is 29.5 Å². The quantitative estimate of drug-likeness (QED) is 0.404. The first kappa shape index (κ1) is 27.9. The van der Waals surface area contributed by atoms with Crippen molar-refractivity contribution in [3.05, 3.63) is 71.0 Å². The minimum Gasteiger partial charge on any atom is -0.469 e. The molecule has 2 aliphatic heterocycles. The molecule has 0 spiro atoms. The lowest BCUT2D eigenvalue weighted by Gasteiger charge is -2.51. The van der Waals surface area contributed by atoms with Gasteiger partial charge in [0, 0.05) is 19.5 Å². The highest BCUT2D eigenvalue weighted by atomic mass is 19.4. The van der Waals surface area contributed by atoms with Crippen LogP contribution in [0.15, 0.2) is 48.5 Å². The molecule has 3 amide bonds. The van der Waals surface area contributed by atoms with Crippen molar-refractivity contribution in [2.45, 2.75) is 44.4 Å². The van der Waals surface area contributed by atoms with Crippen LogP contribution in [0.3, 0.4) is 0 Å². The Hall–Kier alpha value is -4.16. The lowest BCUT2D eigenvalue weighted by molar-refractivity contribution is -0.171. The Balaban J connectivity index is 1.57. The monoisotopic (exact) mass is 551 g/mol. The van der Waals surface area contributed by atoms with Crippen LogP contribution in [0.2, 0.25) is 0 Å². The molecule has 0 bridgehead atoms. The molecule has 0 aliphatic carbocycles. The number of carbonyl (C=O) groups excluding carboxylic acids is 4. The smallest absolute Gasteiger partial charge is 0.416 e. The van der Waals surface area contributed by atoms with E-state index in [-0.39, 0.29) is 31.6 Å². The second-order valence-corrected chi connectivity index (χ2v) is 9.13. The molecule has 2 aromatic rings. The minimum atomic E-state index is -4.79. The van der Waals surface area contributed by atoms with E-state index in [9.17, 15) is 36.7 Å². The second-order valence-electron chi connectivity index (χ2n) is 9.13. The molecule has 0 aromatic heterocycles. The van der Waals surface area contributed by atoms with E-state index >= 15 is 0 Å². The number of halogens is 4. The fourth-order valence-electron chi connectivity index (χ4n) is 4.71. The molecule has 0 radical (unpaired) electrons. The molecule has 0 unspecified atom stereocenters.